The second-order valence-corrected chi connectivity index (χ2v) is 5.88. The molecule has 0 saturated carbocycles. The van der Waals surface area contributed by atoms with Crippen molar-refractivity contribution in [1.29, 1.82) is 0 Å². The molecule has 1 rings (SSSR count). The minimum Gasteiger partial charge on any atom is -0.387 e. The average molecular weight is 305 g/mol. The molecule has 0 fully saturated rings. The molecule has 2 N–H and O–H groups in total. The van der Waals surface area contributed by atoms with E-state index in [0.717, 1.165) is 15.9 Å². The second-order valence-electron chi connectivity index (χ2n) is 4.10. The van der Waals surface area contributed by atoms with Crippen molar-refractivity contribution in [3.63, 3.8) is 0 Å². The summed E-state index contributed by atoms with van der Waals surface area (Å²) in [6.07, 6.45) is 3.73. The Labute approximate surface area is 109 Å². The molecule has 1 aromatic rings. The van der Waals surface area contributed by atoms with Crippen LogP contribution in [0.3, 0.4) is 0 Å². The molecule has 3 nitrogen and oxygen atoms in total. The van der Waals surface area contributed by atoms with Gasteiger partial charge in [0.25, 0.3) is 0 Å². The third-order valence-corrected chi connectivity index (χ3v) is 3.48. The number of hydrogen-bond acceptors (Lipinski definition) is 4. The van der Waals surface area contributed by atoms with E-state index in [0.29, 0.717) is 12.3 Å². The van der Waals surface area contributed by atoms with Crippen molar-refractivity contribution in [3.8, 4) is 0 Å². The molecular formula is C11H17BrN2OS. The standard InChI is InChI=1S/C11H17BrN2OS/c1-8-4-9(12)5-13-10(8)14-6-11(2,15)7-16-3/h4-5,15H,6-7H2,1-3H3,(H,13,14)/t11-/m1/s1. The third-order valence-electron chi connectivity index (χ3n) is 2.14. The molecule has 0 aliphatic heterocycles. The molecule has 1 atom stereocenters. The summed E-state index contributed by atoms with van der Waals surface area (Å²) in [6, 6.07) is 2.00. The Balaban J connectivity index is 2.61. The lowest BCUT2D eigenvalue weighted by Gasteiger charge is -2.23. The lowest BCUT2D eigenvalue weighted by molar-refractivity contribution is 0.0996. The fourth-order valence-electron chi connectivity index (χ4n) is 1.36. The highest BCUT2D eigenvalue weighted by molar-refractivity contribution is 9.10. The summed E-state index contributed by atoms with van der Waals surface area (Å²) in [6.45, 7) is 4.32. The first-order valence-corrected chi connectivity index (χ1v) is 7.20. The van der Waals surface area contributed by atoms with Crippen molar-refractivity contribution >= 4 is 33.5 Å². The van der Waals surface area contributed by atoms with Crippen LogP contribution < -0.4 is 5.32 Å². The van der Waals surface area contributed by atoms with Gasteiger partial charge in [-0.1, -0.05) is 0 Å². The molecule has 0 aliphatic rings. The zero-order chi connectivity index (χ0) is 12.2. The van der Waals surface area contributed by atoms with E-state index in [9.17, 15) is 5.11 Å². The summed E-state index contributed by atoms with van der Waals surface area (Å²) in [5.41, 5.74) is 0.356. The summed E-state index contributed by atoms with van der Waals surface area (Å²) in [5.74, 6) is 1.53. The fourth-order valence-corrected chi connectivity index (χ4v) is 2.53. The summed E-state index contributed by atoms with van der Waals surface area (Å²) in [7, 11) is 0. The maximum atomic E-state index is 10.0. The molecule has 0 radical (unpaired) electrons. The van der Waals surface area contributed by atoms with E-state index in [1.165, 1.54) is 0 Å². The van der Waals surface area contributed by atoms with Crippen molar-refractivity contribution in [2.75, 3.05) is 23.9 Å². The van der Waals surface area contributed by atoms with Gasteiger partial charge in [0.1, 0.15) is 5.82 Å². The van der Waals surface area contributed by atoms with Crippen LogP contribution >= 0.6 is 27.7 Å². The Morgan fingerprint density at radius 2 is 2.31 bits per heavy atom. The van der Waals surface area contributed by atoms with Gasteiger partial charge in [0.2, 0.25) is 0 Å². The van der Waals surface area contributed by atoms with Gasteiger partial charge >= 0.3 is 0 Å². The minimum absolute atomic E-state index is 0.503. The molecule has 90 valence electrons. The number of aliphatic hydroxyl groups is 1. The van der Waals surface area contributed by atoms with Crippen LogP contribution in [0.15, 0.2) is 16.7 Å². The van der Waals surface area contributed by atoms with Crippen LogP contribution in [0.25, 0.3) is 0 Å². The first-order valence-electron chi connectivity index (χ1n) is 5.02. The number of rotatable bonds is 5. The number of pyridine rings is 1. The SMILES string of the molecule is CSC[C@](C)(O)CNc1ncc(Br)cc1C. The lowest BCUT2D eigenvalue weighted by atomic mass is 10.1. The van der Waals surface area contributed by atoms with E-state index in [1.54, 1.807) is 18.0 Å². The number of anilines is 1. The molecule has 0 unspecified atom stereocenters. The molecule has 0 aromatic carbocycles. The molecule has 0 saturated heterocycles. The number of aryl methyl sites for hydroxylation is 1. The molecule has 16 heavy (non-hydrogen) atoms. The first-order chi connectivity index (χ1) is 7.44. The maximum Gasteiger partial charge on any atom is 0.129 e. The predicted octanol–water partition coefficient (Wildman–Crippen LogP) is 2.68. The molecule has 5 heteroatoms. The number of aromatic nitrogens is 1. The molecule has 1 heterocycles. The Kier molecular flexibility index (Phi) is 5.08. The van der Waals surface area contributed by atoms with E-state index < -0.39 is 5.60 Å². The zero-order valence-electron chi connectivity index (χ0n) is 9.75. The van der Waals surface area contributed by atoms with Gasteiger partial charge in [0, 0.05) is 23.0 Å². The molecule has 0 amide bonds. The Hall–Kier alpha value is -0.260. The van der Waals surface area contributed by atoms with Crippen molar-refractivity contribution in [2.24, 2.45) is 0 Å². The van der Waals surface area contributed by atoms with Crippen molar-refractivity contribution < 1.29 is 5.11 Å². The Morgan fingerprint density at radius 1 is 1.62 bits per heavy atom. The quantitative estimate of drug-likeness (QED) is 0.878. The van der Waals surface area contributed by atoms with E-state index in [2.05, 4.69) is 26.2 Å². The van der Waals surface area contributed by atoms with Crippen LogP contribution in [0.2, 0.25) is 0 Å². The van der Waals surface area contributed by atoms with Gasteiger partial charge in [-0.25, -0.2) is 4.98 Å². The first kappa shape index (κ1) is 13.8. The molecule has 0 bridgehead atoms. The smallest absolute Gasteiger partial charge is 0.129 e. The zero-order valence-corrected chi connectivity index (χ0v) is 12.2. The highest BCUT2D eigenvalue weighted by Crippen LogP contribution is 2.18. The number of nitrogens with one attached hydrogen (secondary N) is 1. The van der Waals surface area contributed by atoms with Crippen LogP contribution in [0.1, 0.15) is 12.5 Å². The van der Waals surface area contributed by atoms with Crippen LogP contribution in [0.4, 0.5) is 5.82 Å². The normalized spacial score (nSPS) is 14.6. The second kappa shape index (κ2) is 5.89. The van der Waals surface area contributed by atoms with E-state index in [-0.39, 0.29) is 0 Å². The van der Waals surface area contributed by atoms with E-state index in [1.807, 2.05) is 26.2 Å². The maximum absolute atomic E-state index is 10.0. The summed E-state index contributed by atoms with van der Waals surface area (Å²) >= 11 is 5.00. The van der Waals surface area contributed by atoms with Gasteiger partial charge < -0.3 is 10.4 Å². The monoisotopic (exact) mass is 304 g/mol. The minimum atomic E-state index is -0.708. The van der Waals surface area contributed by atoms with Gasteiger partial charge in [-0.15, -0.1) is 0 Å². The molecule has 0 aliphatic carbocycles. The fraction of sp³-hybridized carbons (Fsp3) is 0.545. The third kappa shape index (κ3) is 4.31. The number of halogens is 1. The van der Waals surface area contributed by atoms with Crippen LogP contribution in [-0.4, -0.2) is 34.2 Å². The van der Waals surface area contributed by atoms with Gasteiger partial charge in [-0.2, -0.15) is 11.8 Å². The van der Waals surface area contributed by atoms with Crippen LogP contribution in [0, 0.1) is 6.92 Å². The number of hydrogen-bond donors (Lipinski definition) is 2. The highest BCUT2D eigenvalue weighted by Gasteiger charge is 2.19. The molecule has 0 spiro atoms. The van der Waals surface area contributed by atoms with Crippen molar-refractivity contribution in [3.05, 3.63) is 22.3 Å². The van der Waals surface area contributed by atoms with E-state index >= 15 is 0 Å². The topological polar surface area (TPSA) is 45.1 Å². The average Bonchev–Trinajstić information content (AvgIpc) is 2.16. The van der Waals surface area contributed by atoms with Gasteiger partial charge in [-0.05, 0) is 47.7 Å². The lowest BCUT2D eigenvalue weighted by Crippen LogP contribution is -2.36. The van der Waals surface area contributed by atoms with Gasteiger partial charge in [-0.3, -0.25) is 0 Å². The van der Waals surface area contributed by atoms with Crippen molar-refractivity contribution in [2.45, 2.75) is 19.4 Å². The van der Waals surface area contributed by atoms with Crippen molar-refractivity contribution in [1.82, 2.24) is 4.98 Å². The molecule has 1 aromatic heterocycles. The Bertz CT molecular complexity index is 358. The largest absolute Gasteiger partial charge is 0.387 e. The van der Waals surface area contributed by atoms with Gasteiger partial charge in [0.05, 0.1) is 5.60 Å². The van der Waals surface area contributed by atoms with E-state index in [4.69, 9.17) is 0 Å². The molecular weight excluding hydrogens is 288 g/mol. The summed E-state index contributed by atoms with van der Waals surface area (Å²) < 4.78 is 0.964. The van der Waals surface area contributed by atoms with Gasteiger partial charge in [0.15, 0.2) is 0 Å². The van der Waals surface area contributed by atoms with Crippen LogP contribution in [0.5, 0.6) is 0 Å². The summed E-state index contributed by atoms with van der Waals surface area (Å²) in [5, 5.41) is 13.2. The highest BCUT2D eigenvalue weighted by atomic mass is 79.9. The number of thioether (sulfide) groups is 1. The number of nitrogens with zero attached hydrogens (tertiary/aromatic N) is 1. The summed E-state index contributed by atoms with van der Waals surface area (Å²) in [4.78, 5) is 4.27. The predicted molar refractivity (Wildman–Crippen MR) is 74.2 cm³/mol. The van der Waals surface area contributed by atoms with Crippen LogP contribution in [-0.2, 0) is 0 Å². The Morgan fingerprint density at radius 3 is 2.88 bits per heavy atom.